The lowest BCUT2D eigenvalue weighted by atomic mass is 10.0. The number of halogens is 1. The molecule has 2 aromatic heterocycles. The van der Waals surface area contributed by atoms with E-state index in [0.29, 0.717) is 16.3 Å². The van der Waals surface area contributed by atoms with E-state index < -0.39 is 0 Å². The number of pyridine rings is 1. The fourth-order valence-electron chi connectivity index (χ4n) is 6.58. The van der Waals surface area contributed by atoms with Gasteiger partial charge in [0.1, 0.15) is 0 Å². The predicted octanol–water partition coefficient (Wildman–Crippen LogP) is 12.0. The Labute approximate surface area is 302 Å². The number of rotatable bonds is 10. The molecular weight excluding hydrogens is 648 g/mol. The van der Waals surface area contributed by atoms with E-state index in [1.165, 1.54) is 0 Å². The number of benzene rings is 5. The Morgan fingerprint density at radius 3 is 2.24 bits per heavy atom. The van der Waals surface area contributed by atoms with Gasteiger partial charge in [0.05, 0.1) is 40.5 Å². The van der Waals surface area contributed by atoms with Crippen LogP contribution in [0.1, 0.15) is 42.1 Å². The SMILES string of the molecule is C=C/C=C(\C=C/C)c1ccc(/C(N)=C/C(=N\C(C)c2ccc3ncccc3c2)c2cc(SF)cc(-n3c4ccccc4c4ccccc43)c2)cc1. The Morgan fingerprint density at radius 2 is 1.55 bits per heavy atom. The fraction of sp³-hybridized carbons (Fsp3) is 0.0667. The molecule has 0 amide bonds. The van der Waals surface area contributed by atoms with Crippen molar-refractivity contribution in [1.82, 2.24) is 9.55 Å². The summed E-state index contributed by atoms with van der Waals surface area (Å²) in [6.45, 7) is 7.91. The highest BCUT2D eigenvalue weighted by atomic mass is 32.2. The molecule has 0 spiro atoms. The summed E-state index contributed by atoms with van der Waals surface area (Å²) in [5.74, 6) is 0. The van der Waals surface area contributed by atoms with Gasteiger partial charge < -0.3 is 10.3 Å². The summed E-state index contributed by atoms with van der Waals surface area (Å²) in [4.78, 5) is 10.2. The van der Waals surface area contributed by atoms with Crippen molar-refractivity contribution in [1.29, 1.82) is 0 Å². The number of hydrogen-bond donors (Lipinski definition) is 1. The van der Waals surface area contributed by atoms with Crippen LogP contribution in [0.5, 0.6) is 0 Å². The Bertz CT molecular complexity index is 2470. The summed E-state index contributed by atoms with van der Waals surface area (Å²) in [5.41, 5.74) is 16.7. The molecule has 0 aliphatic rings. The maximum atomic E-state index is 14.6. The zero-order valence-electron chi connectivity index (χ0n) is 28.5. The highest BCUT2D eigenvalue weighted by Gasteiger charge is 2.16. The molecule has 2 heterocycles. The van der Waals surface area contributed by atoms with Crippen LogP contribution in [0.25, 0.3) is 49.7 Å². The quantitative estimate of drug-likeness (QED) is 0.115. The van der Waals surface area contributed by atoms with E-state index in [4.69, 9.17) is 10.7 Å². The van der Waals surface area contributed by atoms with Crippen molar-refractivity contribution in [3.63, 3.8) is 0 Å². The molecule has 0 saturated carbocycles. The molecule has 1 atom stereocenters. The monoisotopic (exact) mass is 684 g/mol. The minimum absolute atomic E-state index is 0.222. The van der Waals surface area contributed by atoms with Crippen LogP contribution in [0.3, 0.4) is 0 Å². The molecule has 7 aromatic rings. The standard InChI is InChI=1S/C45H37FN4S/c1-4-11-31(12-5-2)32-18-20-33(21-19-32)41(47)29-43(49-30(3)34-22-23-42-35(25-34)13-10-24-48-42)36-26-37(28-38(27-36)51-46)50-44-16-8-6-14-39(44)40-15-7-9-17-45(40)50/h4-30H,1,47H2,2-3H3/b12-5-,31-11+,41-29-,49-43+. The second kappa shape index (κ2) is 14.9. The molecule has 0 aliphatic heterocycles. The van der Waals surface area contributed by atoms with Gasteiger partial charge in [-0.1, -0.05) is 104 Å². The Morgan fingerprint density at radius 1 is 0.843 bits per heavy atom. The Balaban J connectivity index is 1.38. The average molecular weight is 685 g/mol. The molecule has 51 heavy (non-hydrogen) atoms. The summed E-state index contributed by atoms with van der Waals surface area (Å²) >= 11 is 0.222. The number of hydrogen-bond acceptors (Lipinski definition) is 4. The van der Waals surface area contributed by atoms with Gasteiger partial charge >= 0.3 is 0 Å². The second-order valence-corrected chi connectivity index (χ2v) is 13.0. The van der Waals surface area contributed by atoms with E-state index in [1.54, 1.807) is 12.3 Å². The van der Waals surface area contributed by atoms with Crippen LogP contribution in [0.15, 0.2) is 174 Å². The van der Waals surface area contributed by atoms with Gasteiger partial charge in [-0.05, 0) is 90.7 Å². The van der Waals surface area contributed by atoms with Crippen molar-refractivity contribution in [3.05, 3.63) is 187 Å². The van der Waals surface area contributed by atoms with Crippen LogP contribution in [0, 0.1) is 0 Å². The smallest absolute Gasteiger partial charge is 0.0813 e. The highest BCUT2D eigenvalue weighted by molar-refractivity contribution is 7.94. The van der Waals surface area contributed by atoms with Crippen molar-refractivity contribution in [2.45, 2.75) is 24.8 Å². The lowest BCUT2D eigenvalue weighted by Crippen LogP contribution is -2.07. The van der Waals surface area contributed by atoms with Gasteiger partial charge in [0.25, 0.3) is 0 Å². The average Bonchev–Trinajstić information content (AvgIpc) is 3.51. The minimum Gasteiger partial charge on any atom is -0.398 e. The third kappa shape index (κ3) is 6.91. The minimum atomic E-state index is -0.234. The molecule has 2 N–H and O–H groups in total. The van der Waals surface area contributed by atoms with Gasteiger partial charge in [-0.3, -0.25) is 9.98 Å². The third-order valence-electron chi connectivity index (χ3n) is 9.04. The van der Waals surface area contributed by atoms with Crippen molar-refractivity contribution in [3.8, 4) is 5.69 Å². The number of para-hydroxylation sites is 2. The van der Waals surface area contributed by atoms with Crippen molar-refractivity contribution in [2.24, 2.45) is 10.7 Å². The van der Waals surface area contributed by atoms with Crippen LogP contribution in [-0.4, -0.2) is 15.3 Å². The van der Waals surface area contributed by atoms with E-state index in [0.717, 1.165) is 66.2 Å². The van der Waals surface area contributed by atoms with Crippen LogP contribution in [0.2, 0.25) is 0 Å². The molecule has 0 bridgehead atoms. The van der Waals surface area contributed by atoms with Crippen molar-refractivity contribution in [2.75, 3.05) is 0 Å². The van der Waals surface area contributed by atoms with Gasteiger partial charge in [-0.25, -0.2) is 0 Å². The number of fused-ring (bicyclic) bond motifs is 4. The lowest BCUT2D eigenvalue weighted by molar-refractivity contribution is 0.823. The van der Waals surface area contributed by atoms with Crippen molar-refractivity contribution < 1.29 is 3.89 Å². The van der Waals surface area contributed by atoms with Crippen LogP contribution >= 0.6 is 12.1 Å². The first-order valence-corrected chi connectivity index (χ1v) is 17.6. The molecule has 6 heteroatoms. The molecule has 1 unspecified atom stereocenters. The molecule has 0 saturated heterocycles. The number of nitrogens with zero attached hydrogens (tertiary/aromatic N) is 3. The van der Waals surface area contributed by atoms with E-state index in [2.05, 4.69) is 89.8 Å². The first-order valence-electron chi connectivity index (χ1n) is 16.9. The predicted molar refractivity (Wildman–Crippen MR) is 216 cm³/mol. The van der Waals surface area contributed by atoms with E-state index in [9.17, 15) is 3.89 Å². The normalized spacial score (nSPS) is 13.4. The van der Waals surface area contributed by atoms with Crippen LogP contribution in [0.4, 0.5) is 3.89 Å². The van der Waals surface area contributed by atoms with Crippen LogP contribution in [-0.2, 0) is 0 Å². The summed E-state index contributed by atoms with van der Waals surface area (Å²) in [6.07, 6.45) is 11.5. The van der Waals surface area contributed by atoms with Gasteiger partial charge in [0, 0.05) is 44.2 Å². The van der Waals surface area contributed by atoms with Gasteiger partial charge in [0.15, 0.2) is 0 Å². The maximum absolute atomic E-state index is 14.6. The first-order chi connectivity index (χ1) is 25.0. The van der Waals surface area contributed by atoms with E-state index in [1.807, 2.05) is 85.8 Å². The zero-order valence-corrected chi connectivity index (χ0v) is 29.3. The topological polar surface area (TPSA) is 56.2 Å². The van der Waals surface area contributed by atoms with Crippen LogP contribution < -0.4 is 5.73 Å². The van der Waals surface area contributed by atoms with Gasteiger partial charge in [-0.15, -0.1) is 0 Å². The lowest BCUT2D eigenvalue weighted by Gasteiger charge is -2.15. The molecule has 0 aliphatic carbocycles. The van der Waals surface area contributed by atoms with Gasteiger partial charge in [-0.2, -0.15) is 3.89 Å². The largest absolute Gasteiger partial charge is 0.398 e. The summed E-state index contributed by atoms with van der Waals surface area (Å²) in [6, 6.07) is 40.5. The molecule has 0 fully saturated rings. The maximum Gasteiger partial charge on any atom is 0.0813 e. The molecule has 5 aromatic carbocycles. The van der Waals surface area contributed by atoms with E-state index >= 15 is 0 Å². The van der Waals surface area contributed by atoms with Gasteiger partial charge in [0.2, 0.25) is 0 Å². The fourth-order valence-corrected chi connectivity index (χ4v) is 6.91. The Kier molecular flexibility index (Phi) is 9.77. The second-order valence-electron chi connectivity index (χ2n) is 12.3. The number of nitrogens with two attached hydrogens (primary N) is 1. The molecular formula is C45H37FN4S. The van der Waals surface area contributed by atoms with Crippen molar-refractivity contribution >= 4 is 61.8 Å². The number of aliphatic imine (C=N–C) groups is 1. The third-order valence-corrected chi connectivity index (χ3v) is 9.46. The molecule has 250 valence electrons. The molecule has 0 radical (unpaired) electrons. The zero-order chi connectivity index (χ0) is 35.3. The highest BCUT2D eigenvalue weighted by Crippen LogP contribution is 2.35. The summed E-state index contributed by atoms with van der Waals surface area (Å²) in [7, 11) is 0. The number of allylic oxidation sites excluding steroid dienone is 6. The molecule has 4 nitrogen and oxygen atoms in total. The summed E-state index contributed by atoms with van der Waals surface area (Å²) in [5, 5.41) is 3.31. The Hall–Kier alpha value is -5.98. The molecule has 7 rings (SSSR count). The first kappa shape index (κ1) is 33.5. The summed E-state index contributed by atoms with van der Waals surface area (Å²) < 4.78 is 16.8. The number of aromatic nitrogens is 2. The van der Waals surface area contributed by atoms with E-state index in [-0.39, 0.29) is 18.2 Å².